The number of aromatic nitrogens is 2. The topological polar surface area (TPSA) is 65.2 Å². The van der Waals surface area contributed by atoms with Crippen LogP contribution >= 0.6 is 11.8 Å². The van der Waals surface area contributed by atoms with Crippen LogP contribution < -0.4 is 4.74 Å². The highest BCUT2D eigenvalue weighted by Crippen LogP contribution is 2.28. The second-order valence-electron chi connectivity index (χ2n) is 5.59. The van der Waals surface area contributed by atoms with Crippen LogP contribution in [0.4, 0.5) is 0 Å². The van der Waals surface area contributed by atoms with Gasteiger partial charge in [-0.3, -0.25) is 4.79 Å². The van der Waals surface area contributed by atoms with E-state index < -0.39 is 0 Å². The second-order valence-corrected chi connectivity index (χ2v) is 6.88. The number of nitrogens with zero attached hydrogens (tertiary/aromatic N) is 2. The molecule has 3 rings (SSSR count). The molecule has 0 saturated carbocycles. The van der Waals surface area contributed by atoms with Crippen LogP contribution in [0, 0.1) is 6.92 Å². The molecular formula is C19H18N2O3S. The number of hydrogen-bond donors (Lipinski definition) is 0. The van der Waals surface area contributed by atoms with Gasteiger partial charge in [-0.1, -0.05) is 41.6 Å². The third-order valence-corrected chi connectivity index (χ3v) is 4.66. The summed E-state index contributed by atoms with van der Waals surface area (Å²) in [6.07, 6.45) is 0. The Morgan fingerprint density at radius 3 is 2.40 bits per heavy atom. The molecule has 0 saturated heterocycles. The minimum atomic E-state index is -0.313. The largest absolute Gasteiger partial charge is 0.497 e. The SMILES string of the molecule is COc1ccc(-c2nnc(S[C@H](C)C(=O)c3ccc(C)cc3)o2)cc1. The van der Waals surface area contributed by atoms with Crippen molar-refractivity contribution >= 4 is 17.5 Å². The molecule has 1 atom stereocenters. The average molecular weight is 354 g/mol. The standard InChI is InChI=1S/C19H18N2O3S/c1-12-4-6-14(7-5-12)17(22)13(2)25-19-21-20-18(24-19)15-8-10-16(23-3)11-9-15/h4-11,13H,1-3H3/t13-/m1/s1. The van der Waals surface area contributed by atoms with Gasteiger partial charge >= 0.3 is 0 Å². The number of thioether (sulfide) groups is 1. The highest BCUT2D eigenvalue weighted by atomic mass is 32.2. The Labute approximate surface area is 150 Å². The number of carbonyl (C=O) groups excluding carboxylic acids is 1. The van der Waals surface area contributed by atoms with Crippen LogP contribution in [-0.2, 0) is 0 Å². The van der Waals surface area contributed by atoms with Crippen LogP contribution in [0.25, 0.3) is 11.5 Å². The zero-order valence-corrected chi connectivity index (χ0v) is 15.0. The van der Waals surface area contributed by atoms with Crippen LogP contribution in [0.15, 0.2) is 58.2 Å². The van der Waals surface area contributed by atoms with Gasteiger partial charge in [-0.15, -0.1) is 10.2 Å². The van der Waals surface area contributed by atoms with Crippen molar-refractivity contribution in [1.82, 2.24) is 10.2 Å². The Hall–Kier alpha value is -2.60. The lowest BCUT2D eigenvalue weighted by atomic mass is 10.1. The van der Waals surface area contributed by atoms with Crippen molar-refractivity contribution in [2.75, 3.05) is 7.11 Å². The van der Waals surface area contributed by atoms with E-state index in [0.29, 0.717) is 16.7 Å². The van der Waals surface area contributed by atoms with E-state index in [4.69, 9.17) is 9.15 Å². The minimum Gasteiger partial charge on any atom is -0.497 e. The summed E-state index contributed by atoms with van der Waals surface area (Å²) in [5.41, 5.74) is 2.61. The van der Waals surface area contributed by atoms with E-state index in [1.54, 1.807) is 7.11 Å². The Balaban J connectivity index is 1.69. The summed E-state index contributed by atoms with van der Waals surface area (Å²) in [4.78, 5) is 12.5. The second kappa shape index (κ2) is 7.53. The van der Waals surface area contributed by atoms with Gasteiger partial charge in [-0.2, -0.15) is 0 Å². The van der Waals surface area contributed by atoms with E-state index in [1.165, 1.54) is 11.8 Å². The first-order valence-electron chi connectivity index (χ1n) is 7.82. The first-order valence-corrected chi connectivity index (χ1v) is 8.70. The van der Waals surface area contributed by atoms with Crippen LogP contribution in [0.3, 0.4) is 0 Å². The van der Waals surface area contributed by atoms with Crippen molar-refractivity contribution in [3.63, 3.8) is 0 Å². The summed E-state index contributed by atoms with van der Waals surface area (Å²) in [6.45, 7) is 3.83. The molecular weight excluding hydrogens is 336 g/mol. The molecule has 2 aromatic carbocycles. The third-order valence-electron chi connectivity index (χ3n) is 3.73. The maximum Gasteiger partial charge on any atom is 0.277 e. The molecule has 0 bridgehead atoms. The summed E-state index contributed by atoms with van der Waals surface area (Å²) in [5, 5.41) is 8.14. The van der Waals surface area contributed by atoms with Crippen molar-refractivity contribution in [3.05, 3.63) is 59.7 Å². The van der Waals surface area contributed by atoms with E-state index in [1.807, 2.05) is 62.4 Å². The van der Waals surface area contributed by atoms with Crippen molar-refractivity contribution in [2.45, 2.75) is 24.3 Å². The first-order chi connectivity index (χ1) is 12.1. The number of ketones is 1. The van der Waals surface area contributed by atoms with Crippen LogP contribution in [-0.4, -0.2) is 28.3 Å². The normalized spacial score (nSPS) is 12.0. The lowest BCUT2D eigenvalue weighted by molar-refractivity contribution is 0.0993. The molecule has 0 fully saturated rings. The van der Waals surface area contributed by atoms with Gasteiger partial charge in [0.25, 0.3) is 5.22 Å². The van der Waals surface area contributed by atoms with Gasteiger partial charge in [0.1, 0.15) is 5.75 Å². The highest BCUT2D eigenvalue weighted by Gasteiger charge is 2.20. The van der Waals surface area contributed by atoms with E-state index in [9.17, 15) is 4.79 Å². The van der Waals surface area contributed by atoms with Crippen LogP contribution in [0.5, 0.6) is 5.75 Å². The van der Waals surface area contributed by atoms with Crippen molar-refractivity contribution in [1.29, 1.82) is 0 Å². The summed E-state index contributed by atoms with van der Waals surface area (Å²) in [7, 11) is 1.61. The molecule has 25 heavy (non-hydrogen) atoms. The van der Waals surface area contributed by atoms with E-state index in [0.717, 1.165) is 16.9 Å². The first kappa shape index (κ1) is 17.2. The number of aryl methyl sites for hydroxylation is 1. The average Bonchev–Trinajstić information content (AvgIpc) is 3.10. The van der Waals surface area contributed by atoms with Crippen LogP contribution in [0.1, 0.15) is 22.8 Å². The van der Waals surface area contributed by atoms with Gasteiger partial charge < -0.3 is 9.15 Å². The molecule has 0 amide bonds. The maximum absolute atomic E-state index is 12.5. The summed E-state index contributed by atoms with van der Waals surface area (Å²) >= 11 is 1.26. The maximum atomic E-state index is 12.5. The van der Waals surface area contributed by atoms with Gasteiger partial charge in [0.15, 0.2) is 5.78 Å². The molecule has 5 nitrogen and oxygen atoms in total. The van der Waals surface area contributed by atoms with Crippen molar-refractivity contribution < 1.29 is 13.9 Å². The molecule has 0 aliphatic carbocycles. The zero-order chi connectivity index (χ0) is 17.8. The zero-order valence-electron chi connectivity index (χ0n) is 14.2. The molecule has 0 spiro atoms. The summed E-state index contributed by atoms with van der Waals surface area (Å²) in [6, 6.07) is 14.9. The Bertz CT molecular complexity index is 857. The molecule has 128 valence electrons. The lowest BCUT2D eigenvalue weighted by Gasteiger charge is -2.07. The predicted octanol–water partition coefficient (Wildman–Crippen LogP) is 4.42. The fourth-order valence-electron chi connectivity index (χ4n) is 2.26. The summed E-state index contributed by atoms with van der Waals surface area (Å²) in [5.74, 6) is 1.21. The summed E-state index contributed by atoms with van der Waals surface area (Å²) < 4.78 is 10.8. The number of rotatable bonds is 6. The lowest BCUT2D eigenvalue weighted by Crippen LogP contribution is -2.13. The Kier molecular flexibility index (Phi) is 5.19. The van der Waals surface area contributed by atoms with E-state index in [-0.39, 0.29) is 11.0 Å². The molecule has 0 radical (unpaired) electrons. The molecule has 0 aliphatic rings. The predicted molar refractivity (Wildman–Crippen MR) is 97.1 cm³/mol. The molecule has 6 heteroatoms. The van der Waals surface area contributed by atoms with Gasteiger partial charge in [0, 0.05) is 11.1 Å². The fourth-order valence-corrected chi connectivity index (χ4v) is 3.03. The van der Waals surface area contributed by atoms with Crippen molar-refractivity contribution in [3.8, 4) is 17.2 Å². The number of hydrogen-bond acceptors (Lipinski definition) is 6. The number of ether oxygens (including phenoxy) is 1. The number of methoxy groups -OCH3 is 1. The molecule has 1 aromatic heterocycles. The Morgan fingerprint density at radius 1 is 1.08 bits per heavy atom. The molecule has 0 aliphatic heterocycles. The third kappa shape index (κ3) is 4.09. The molecule has 1 heterocycles. The monoisotopic (exact) mass is 354 g/mol. The number of benzene rings is 2. The number of Topliss-reactive ketones (excluding diaryl/α,β-unsaturated/α-hetero) is 1. The van der Waals surface area contributed by atoms with Gasteiger partial charge in [-0.25, -0.2) is 0 Å². The quantitative estimate of drug-likeness (QED) is 0.482. The fraction of sp³-hybridized carbons (Fsp3) is 0.211. The molecule has 3 aromatic rings. The van der Waals surface area contributed by atoms with Crippen molar-refractivity contribution in [2.24, 2.45) is 0 Å². The number of carbonyl (C=O) groups is 1. The molecule has 0 N–H and O–H groups in total. The Morgan fingerprint density at radius 2 is 1.76 bits per heavy atom. The van der Waals surface area contributed by atoms with Gasteiger partial charge in [-0.05, 0) is 38.1 Å². The van der Waals surface area contributed by atoms with Gasteiger partial charge in [0.2, 0.25) is 5.89 Å². The minimum absolute atomic E-state index is 0.0363. The van der Waals surface area contributed by atoms with E-state index in [2.05, 4.69) is 10.2 Å². The molecule has 0 unspecified atom stereocenters. The van der Waals surface area contributed by atoms with Crippen LogP contribution in [0.2, 0.25) is 0 Å². The van der Waals surface area contributed by atoms with E-state index >= 15 is 0 Å². The smallest absolute Gasteiger partial charge is 0.277 e. The van der Waals surface area contributed by atoms with Gasteiger partial charge in [0.05, 0.1) is 12.4 Å². The highest BCUT2D eigenvalue weighted by molar-refractivity contribution is 8.00.